The average Bonchev–Trinajstić information content (AvgIpc) is 3.30. The standard InChI is InChI=1S/C59H98O5/c1-4-7-10-13-16-19-22-25-27-28-29-30-31-33-36-39-42-45-48-51-54-62-55-57(64-59(61)53-50-47-44-41-38-34-24-21-18-15-12-9-6-3)56-63-58(60)52-49-46-43-40-37-35-32-26-23-20-17-14-11-8-5-2/h7-8,10-11,16-17,19-20,25-27,29-30,32,37,40,46,49,57H,4-6,9,12-15,18,21-24,28,31,33-36,38-39,41-45,47-48,50-56H2,1-3H3/b10-7-,11-8-,19-16-,20-17-,27-25-,30-29-,32-26-,40-37-,49-46-. The van der Waals surface area contributed by atoms with E-state index in [-0.39, 0.29) is 31.6 Å². The van der Waals surface area contributed by atoms with Crippen LogP contribution in [0.4, 0.5) is 0 Å². The molecule has 0 radical (unpaired) electrons. The SMILES string of the molecule is CC/C=C\C/C=C\C/C=C\C/C=C\C/C=C\CC(=O)OCC(COCCCCCCCCC/C=C\C/C=C\C/C=C\C/C=C\CC)OC(=O)CCCCCCCCCCCCCCC. The Morgan fingerprint density at radius 2 is 0.750 bits per heavy atom. The second-order valence-electron chi connectivity index (χ2n) is 17.0. The van der Waals surface area contributed by atoms with Gasteiger partial charge in [-0.15, -0.1) is 0 Å². The van der Waals surface area contributed by atoms with Crippen molar-refractivity contribution in [2.24, 2.45) is 0 Å². The zero-order valence-corrected chi connectivity index (χ0v) is 41.8. The van der Waals surface area contributed by atoms with Gasteiger partial charge in [0.05, 0.1) is 13.0 Å². The lowest BCUT2D eigenvalue weighted by Crippen LogP contribution is -2.30. The second-order valence-corrected chi connectivity index (χ2v) is 17.0. The topological polar surface area (TPSA) is 61.8 Å². The van der Waals surface area contributed by atoms with Crippen LogP contribution in [0.2, 0.25) is 0 Å². The van der Waals surface area contributed by atoms with E-state index in [2.05, 4.69) is 118 Å². The first-order chi connectivity index (χ1) is 31.6. The van der Waals surface area contributed by atoms with Gasteiger partial charge < -0.3 is 14.2 Å². The Morgan fingerprint density at radius 1 is 0.375 bits per heavy atom. The second kappa shape index (κ2) is 53.9. The molecular formula is C59H98O5. The molecule has 0 heterocycles. The van der Waals surface area contributed by atoms with Crippen LogP contribution in [-0.2, 0) is 23.8 Å². The van der Waals surface area contributed by atoms with Gasteiger partial charge in [0.15, 0.2) is 6.10 Å². The molecule has 0 bridgehead atoms. The molecule has 0 aromatic rings. The van der Waals surface area contributed by atoms with Crippen molar-refractivity contribution in [1.82, 2.24) is 0 Å². The number of unbranched alkanes of at least 4 members (excludes halogenated alkanes) is 19. The van der Waals surface area contributed by atoms with Crippen LogP contribution >= 0.6 is 0 Å². The molecule has 0 aliphatic rings. The highest BCUT2D eigenvalue weighted by Crippen LogP contribution is 2.14. The molecule has 0 spiro atoms. The zero-order chi connectivity index (χ0) is 46.3. The third-order valence-electron chi connectivity index (χ3n) is 10.8. The molecule has 0 aliphatic heterocycles. The lowest BCUT2D eigenvalue weighted by atomic mass is 10.0. The number of hydrogen-bond donors (Lipinski definition) is 0. The normalized spacial score (nSPS) is 13.1. The molecular weight excluding hydrogens is 789 g/mol. The quantitative estimate of drug-likeness (QED) is 0.0346. The molecule has 5 nitrogen and oxygen atoms in total. The molecule has 0 saturated carbocycles. The van der Waals surface area contributed by atoms with Crippen molar-refractivity contribution in [2.75, 3.05) is 19.8 Å². The van der Waals surface area contributed by atoms with Crippen LogP contribution in [-0.4, -0.2) is 37.9 Å². The highest BCUT2D eigenvalue weighted by Gasteiger charge is 2.17. The van der Waals surface area contributed by atoms with E-state index in [1.165, 1.54) is 96.3 Å². The lowest BCUT2D eigenvalue weighted by molar-refractivity contribution is -0.162. The molecule has 0 aromatic carbocycles. The van der Waals surface area contributed by atoms with E-state index >= 15 is 0 Å². The van der Waals surface area contributed by atoms with E-state index in [0.717, 1.165) is 96.3 Å². The molecule has 1 atom stereocenters. The highest BCUT2D eigenvalue weighted by atomic mass is 16.6. The van der Waals surface area contributed by atoms with Gasteiger partial charge in [-0.1, -0.05) is 239 Å². The van der Waals surface area contributed by atoms with Gasteiger partial charge in [-0.25, -0.2) is 0 Å². The summed E-state index contributed by atoms with van der Waals surface area (Å²) in [6.07, 6.45) is 74.1. The van der Waals surface area contributed by atoms with Crippen molar-refractivity contribution in [3.05, 3.63) is 109 Å². The minimum Gasteiger partial charge on any atom is -0.461 e. The van der Waals surface area contributed by atoms with Gasteiger partial charge in [0.1, 0.15) is 6.61 Å². The van der Waals surface area contributed by atoms with Crippen molar-refractivity contribution in [3.8, 4) is 0 Å². The molecule has 1 unspecified atom stereocenters. The molecule has 0 aromatic heterocycles. The molecule has 0 amide bonds. The summed E-state index contributed by atoms with van der Waals surface area (Å²) in [5.41, 5.74) is 0. The Bertz CT molecular complexity index is 1280. The maximum Gasteiger partial charge on any atom is 0.309 e. The van der Waals surface area contributed by atoms with Crippen molar-refractivity contribution < 1.29 is 23.8 Å². The van der Waals surface area contributed by atoms with E-state index in [0.29, 0.717) is 13.0 Å². The van der Waals surface area contributed by atoms with Gasteiger partial charge >= 0.3 is 11.9 Å². The predicted molar refractivity (Wildman–Crippen MR) is 279 cm³/mol. The summed E-state index contributed by atoms with van der Waals surface area (Å²) in [5, 5.41) is 0. The fraction of sp³-hybridized carbons (Fsp3) is 0.661. The molecule has 0 rings (SSSR count). The first-order valence-electron chi connectivity index (χ1n) is 26.4. The van der Waals surface area contributed by atoms with Crippen LogP contribution in [0.15, 0.2) is 109 Å². The maximum absolute atomic E-state index is 12.8. The fourth-order valence-electron chi connectivity index (χ4n) is 6.99. The Kier molecular flexibility index (Phi) is 51.0. The van der Waals surface area contributed by atoms with Crippen LogP contribution in [0.25, 0.3) is 0 Å². The summed E-state index contributed by atoms with van der Waals surface area (Å²) in [6.45, 7) is 7.47. The third-order valence-corrected chi connectivity index (χ3v) is 10.8. The Labute approximate surface area is 395 Å². The molecule has 0 N–H and O–H groups in total. The average molecular weight is 887 g/mol. The largest absolute Gasteiger partial charge is 0.461 e. The molecule has 64 heavy (non-hydrogen) atoms. The Balaban J connectivity index is 4.39. The molecule has 5 heteroatoms. The van der Waals surface area contributed by atoms with Gasteiger partial charge in [-0.05, 0) is 83.5 Å². The monoisotopic (exact) mass is 887 g/mol. The van der Waals surface area contributed by atoms with Gasteiger partial charge in [0, 0.05) is 13.0 Å². The zero-order valence-electron chi connectivity index (χ0n) is 41.8. The van der Waals surface area contributed by atoms with E-state index in [9.17, 15) is 9.59 Å². The summed E-state index contributed by atoms with van der Waals surface area (Å²) in [4.78, 5) is 25.3. The number of carbonyl (C=O) groups is 2. The Morgan fingerprint density at radius 3 is 1.20 bits per heavy atom. The van der Waals surface area contributed by atoms with E-state index in [4.69, 9.17) is 14.2 Å². The lowest BCUT2D eigenvalue weighted by Gasteiger charge is -2.18. The summed E-state index contributed by atoms with van der Waals surface area (Å²) in [7, 11) is 0. The van der Waals surface area contributed by atoms with E-state index in [1.807, 2.05) is 12.2 Å². The first-order valence-corrected chi connectivity index (χ1v) is 26.4. The maximum atomic E-state index is 12.8. The smallest absolute Gasteiger partial charge is 0.309 e. The third kappa shape index (κ3) is 51.2. The predicted octanol–water partition coefficient (Wildman–Crippen LogP) is 18.0. The van der Waals surface area contributed by atoms with Gasteiger partial charge in [0.2, 0.25) is 0 Å². The molecule has 0 aliphatic carbocycles. The van der Waals surface area contributed by atoms with Crippen molar-refractivity contribution >= 4 is 11.9 Å². The van der Waals surface area contributed by atoms with Crippen molar-refractivity contribution in [3.63, 3.8) is 0 Å². The van der Waals surface area contributed by atoms with Gasteiger partial charge in [-0.2, -0.15) is 0 Å². The van der Waals surface area contributed by atoms with Crippen molar-refractivity contribution in [2.45, 2.75) is 232 Å². The summed E-state index contributed by atoms with van der Waals surface area (Å²) in [5.74, 6) is -0.551. The summed E-state index contributed by atoms with van der Waals surface area (Å²) < 4.78 is 17.3. The molecule has 0 fully saturated rings. The fourth-order valence-corrected chi connectivity index (χ4v) is 6.99. The van der Waals surface area contributed by atoms with Crippen LogP contribution < -0.4 is 0 Å². The summed E-state index contributed by atoms with van der Waals surface area (Å²) in [6, 6.07) is 0. The number of rotatable bonds is 47. The number of hydrogen-bond acceptors (Lipinski definition) is 5. The van der Waals surface area contributed by atoms with Crippen LogP contribution in [0.1, 0.15) is 226 Å². The van der Waals surface area contributed by atoms with Gasteiger partial charge in [-0.3, -0.25) is 9.59 Å². The first kappa shape index (κ1) is 60.6. The van der Waals surface area contributed by atoms with Gasteiger partial charge in [0.25, 0.3) is 0 Å². The number of allylic oxidation sites excluding steroid dienone is 17. The van der Waals surface area contributed by atoms with E-state index < -0.39 is 6.10 Å². The minimum absolute atomic E-state index is 0.0226. The molecule has 0 saturated heterocycles. The van der Waals surface area contributed by atoms with Crippen LogP contribution in [0.5, 0.6) is 0 Å². The highest BCUT2D eigenvalue weighted by molar-refractivity contribution is 5.71. The summed E-state index contributed by atoms with van der Waals surface area (Å²) >= 11 is 0. The Hall–Kier alpha value is -3.44. The number of ether oxygens (including phenoxy) is 3. The minimum atomic E-state index is -0.586. The van der Waals surface area contributed by atoms with Crippen LogP contribution in [0, 0.1) is 0 Å². The van der Waals surface area contributed by atoms with Crippen LogP contribution in [0.3, 0.4) is 0 Å². The van der Waals surface area contributed by atoms with Crippen molar-refractivity contribution in [1.29, 1.82) is 0 Å². The number of esters is 2. The molecule has 364 valence electrons. The number of carbonyl (C=O) groups excluding carboxylic acids is 2. The van der Waals surface area contributed by atoms with E-state index in [1.54, 1.807) is 0 Å².